The Morgan fingerprint density at radius 1 is 1.21 bits per heavy atom. The molecule has 0 bridgehead atoms. The number of nitrogens with zero attached hydrogens (tertiary/aromatic N) is 4. The largest absolute Gasteiger partial charge is 0.375 e. The number of nitrogens with one attached hydrogen (secondary N) is 1. The first-order chi connectivity index (χ1) is 13.5. The first kappa shape index (κ1) is 18.8. The summed E-state index contributed by atoms with van der Waals surface area (Å²) in [7, 11) is 3.52. The first-order valence-electron chi connectivity index (χ1n) is 9.57. The number of fused-ring (bicyclic) bond motifs is 2. The molecule has 0 radical (unpaired) electrons. The van der Waals surface area contributed by atoms with Gasteiger partial charge < -0.3 is 15.0 Å². The maximum absolute atomic E-state index is 12.7. The van der Waals surface area contributed by atoms with Gasteiger partial charge in [0.25, 0.3) is 5.91 Å². The summed E-state index contributed by atoms with van der Waals surface area (Å²) < 4.78 is 5.88. The Bertz CT molecular complexity index is 887. The van der Waals surface area contributed by atoms with Crippen LogP contribution in [0.15, 0.2) is 30.6 Å². The minimum Gasteiger partial charge on any atom is -0.375 e. The van der Waals surface area contributed by atoms with Crippen molar-refractivity contribution in [3.8, 4) is 0 Å². The van der Waals surface area contributed by atoms with Crippen molar-refractivity contribution in [2.75, 3.05) is 33.8 Å². The topological polar surface area (TPSA) is 87.7 Å². The molecule has 0 aliphatic carbocycles. The molecule has 2 fully saturated rings. The van der Waals surface area contributed by atoms with Crippen molar-refractivity contribution in [1.82, 2.24) is 25.1 Å². The van der Waals surface area contributed by atoms with Crippen molar-refractivity contribution in [3.05, 3.63) is 36.2 Å². The van der Waals surface area contributed by atoms with Gasteiger partial charge in [-0.25, -0.2) is 0 Å². The van der Waals surface area contributed by atoms with Crippen molar-refractivity contribution in [1.29, 1.82) is 0 Å². The minimum absolute atomic E-state index is 0.0713. The maximum Gasteiger partial charge on any atom is 0.251 e. The number of carbonyl (C=O) groups is 2. The molecule has 1 aromatic heterocycles. The molecule has 2 saturated heterocycles. The van der Waals surface area contributed by atoms with E-state index < -0.39 is 0 Å². The highest BCUT2D eigenvalue weighted by Gasteiger charge is 2.38. The maximum atomic E-state index is 12.7. The summed E-state index contributed by atoms with van der Waals surface area (Å²) in [6, 6.07) is 5.72. The molecule has 3 atom stereocenters. The van der Waals surface area contributed by atoms with E-state index in [0.717, 1.165) is 25.0 Å². The van der Waals surface area contributed by atoms with Gasteiger partial charge in [0.2, 0.25) is 5.91 Å². The predicted molar refractivity (Wildman–Crippen MR) is 104 cm³/mol. The fourth-order valence-electron chi connectivity index (χ4n) is 3.92. The van der Waals surface area contributed by atoms with E-state index in [1.807, 2.05) is 6.07 Å². The second-order valence-electron chi connectivity index (χ2n) is 7.72. The highest BCUT2D eigenvalue weighted by molar-refractivity contribution is 5.97. The Balaban J connectivity index is 1.35. The fourth-order valence-corrected chi connectivity index (χ4v) is 3.92. The molecule has 1 N–H and O–H groups in total. The van der Waals surface area contributed by atoms with Crippen LogP contribution in [0.4, 0.5) is 0 Å². The molecule has 1 aromatic carbocycles. The zero-order valence-electron chi connectivity index (χ0n) is 16.2. The van der Waals surface area contributed by atoms with Crippen LogP contribution in [-0.2, 0) is 9.53 Å². The number of benzene rings is 1. The van der Waals surface area contributed by atoms with Crippen molar-refractivity contribution < 1.29 is 14.3 Å². The smallest absolute Gasteiger partial charge is 0.251 e. The average molecular weight is 383 g/mol. The second-order valence-corrected chi connectivity index (χ2v) is 7.72. The van der Waals surface area contributed by atoms with E-state index in [1.54, 1.807) is 43.5 Å². The van der Waals surface area contributed by atoms with Crippen molar-refractivity contribution in [2.45, 2.75) is 31.0 Å². The highest BCUT2D eigenvalue weighted by atomic mass is 16.5. The normalized spacial score (nSPS) is 24.7. The van der Waals surface area contributed by atoms with Gasteiger partial charge in [-0.15, -0.1) is 0 Å². The molecule has 28 heavy (non-hydrogen) atoms. The molecule has 8 heteroatoms. The van der Waals surface area contributed by atoms with E-state index >= 15 is 0 Å². The standard InChI is InChI=1S/C20H25N5O3/c1-24(2)19(26)9-16-11-25-10-14(8-15(25)12-28-16)23-20(27)13-3-4-17-18(7-13)22-6-5-21-17/h3-7,14-16H,8-12H2,1-2H3,(H,23,27)/t14-,15+,16+/m1/s1. The van der Waals surface area contributed by atoms with Gasteiger partial charge >= 0.3 is 0 Å². The first-order valence-corrected chi connectivity index (χ1v) is 9.57. The van der Waals surface area contributed by atoms with Gasteiger partial charge in [0, 0.05) is 57.2 Å². The predicted octanol–water partition coefficient (Wildman–Crippen LogP) is 0.680. The number of carbonyl (C=O) groups excluding carboxylic acids is 2. The van der Waals surface area contributed by atoms with Gasteiger partial charge in [-0.1, -0.05) is 0 Å². The van der Waals surface area contributed by atoms with Crippen LogP contribution in [0.5, 0.6) is 0 Å². The fraction of sp³-hybridized carbons (Fsp3) is 0.500. The summed E-state index contributed by atoms with van der Waals surface area (Å²) >= 11 is 0. The molecule has 148 valence electrons. The van der Waals surface area contributed by atoms with Gasteiger partial charge in [-0.2, -0.15) is 0 Å². The van der Waals surface area contributed by atoms with Crippen molar-refractivity contribution >= 4 is 22.8 Å². The van der Waals surface area contributed by atoms with Gasteiger partial charge in [-0.3, -0.25) is 24.5 Å². The minimum atomic E-state index is -0.0994. The van der Waals surface area contributed by atoms with E-state index in [9.17, 15) is 9.59 Å². The molecule has 2 amide bonds. The van der Waals surface area contributed by atoms with Crippen LogP contribution in [0.3, 0.4) is 0 Å². The lowest BCUT2D eigenvalue weighted by molar-refractivity contribution is -0.134. The molecule has 3 heterocycles. The van der Waals surface area contributed by atoms with E-state index in [-0.39, 0.29) is 24.0 Å². The Morgan fingerprint density at radius 2 is 2.00 bits per heavy atom. The Labute approximate surface area is 163 Å². The molecule has 2 aliphatic rings. The molecule has 0 unspecified atom stereocenters. The summed E-state index contributed by atoms with van der Waals surface area (Å²) in [4.78, 5) is 37.0. The number of ether oxygens (including phenoxy) is 1. The van der Waals surface area contributed by atoms with Crippen LogP contribution >= 0.6 is 0 Å². The highest BCUT2D eigenvalue weighted by Crippen LogP contribution is 2.25. The number of rotatable bonds is 4. The van der Waals surface area contributed by atoms with E-state index in [2.05, 4.69) is 20.2 Å². The third-order valence-corrected chi connectivity index (χ3v) is 5.46. The van der Waals surface area contributed by atoms with Gasteiger partial charge in [0.15, 0.2) is 0 Å². The molecule has 4 rings (SSSR count). The van der Waals surface area contributed by atoms with Gasteiger partial charge in [0.05, 0.1) is 30.2 Å². The Hall–Kier alpha value is -2.58. The molecule has 0 saturated carbocycles. The van der Waals surface area contributed by atoms with Crippen molar-refractivity contribution in [2.24, 2.45) is 0 Å². The lowest BCUT2D eigenvalue weighted by atomic mass is 10.1. The van der Waals surface area contributed by atoms with Crippen molar-refractivity contribution in [3.63, 3.8) is 0 Å². The summed E-state index contributed by atoms with van der Waals surface area (Å²) in [5, 5.41) is 3.13. The van der Waals surface area contributed by atoms with E-state index in [0.29, 0.717) is 30.1 Å². The number of aromatic nitrogens is 2. The quantitative estimate of drug-likeness (QED) is 0.835. The Kier molecular flexibility index (Phi) is 5.23. The monoisotopic (exact) mass is 383 g/mol. The number of hydrogen-bond donors (Lipinski definition) is 1. The van der Waals surface area contributed by atoms with Crippen LogP contribution in [-0.4, -0.2) is 83.6 Å². The average Bonchev–Trinajstić information content (AvgIpc) is 3.08. The lowest BCUT2D eigenvalue weighted by Gasteiger charge is -2.35. The lowest BCUT2D eigenvalue weighted by Crippen LogP contribution is -2.47. The van der Waals surface area contributed by atoms with Gasteiger partial charge in [-0.05, 0) is 24.6 Å². The molecule has 0 spiro atoms. The summed E-state index contributed by atoms with van der Waals surface area (Å²) in [5.74, 6) is -0.0236. The zero-order chi connectivity index (χ0) is 19.7. The molecule has 2 aliphatic heterocycles. The number of amides is 2. The summed E-state index contributed by atoms with van der Waals surface area (Å²) in [6.07, 6.45) is 4.42. The molecular formula is C20H25N5O3. The number of morpholine rings is 1. The third kappa shape index (κ3) is 3.98. The summed E-state index contributed by atoms with van der Waals surface area (Å²) in [6.45, 7) is 2.10. The second kappa shape index (κ2) is 7.81. The molecular weight excluding hydrogens is 358 g/mol. The Morgan fingerprint density at radius 3 is 2.79 bits per heavy atom. The SMILES string of the molecule is CN(C)C(=O)C[C@H]1CN2C[C@H](NC(=O)c3ccc4nccnc4c3)C[C@H]2CO1. The molecule has 2 aromatic rings. The number of hydrogen-bond acceptors (Lipinski definition) is 6. The summed E-state index contributed by atoms with van der Waals surface area (Å²) in [5.41, 5.74) is 2.07. The van der Waals surface area contributed by atoms with E-state index in [1.165, 1.54) is 0 Å². The van der Waals surface area contributed by atoms with Crippen LogP contribution in [0.2, 0.25) is 0 Å². The van der Waals surface area contributed by atoms with Crippen LogP contribution in [0.25, 0.3) is 11.0 Å². The van der Waals surface area contributed by atoms with E-state index in [4.69, 9.17) is 4.74 Å². The van der Waals surface area contributed by atoms with Crippen LogP contribution < -0.4 is 5.32 Å². The third-order valence-electron chi connectivity index (χ3n) is 5.46. The van der Waals surface area contributed by atoms with Crippen LogP contribution in [0.1, 0.15) is 23.2 Å². The van der Waals surface area contributed by atoms with Crippen LogP contribution in [0, 0.1) is 0 Å². The zero-order valence-corrected chi connectivity index (χ0v) is 16.2. The van der Waals surface area contributed by atoms with Gasteiger partial charge in [0.1, 0.15) is 0 Å². The molecule has 8 nitrogen and oxygen atoms in total.